The molecule has 0 aromatic heterocycles. The first kappa shape index (κ1) is 20.3. The predicted molar refractivity (Wildman–Crippen MR) is 110 cm³/mol. The highest BCUT2D eigenvalue weighted by Crippen LogP contribution is 2.39. The number of ketones is 1. The first-order valence-corrected chi connectivity index (χ1v) is 10.1. The summed E-state index contributed by atoms with van der Waals surface area (Å²) >= 11 is 6.08. The molecule has 2 aromatic rings. The van der Waals surface area contributed by atoms with Crippen molar-refractivity contribution >= 4 is 34.9 Å². The summed E-state index contributed by atoms with van der Waals surface area (Å²) < 4.78 is 20.2. The van der Waals surface area contributed by atoms with Crippen molar-refractivity contribution in [2.45, 2.75) is 32.6 Å². The minimum absolute atomic E-state index is 0.0269. The van der Waals surface area contributed by atoms with Crippen molar-refractivity contribution in [1.82, 2.24) is 0 Å². The van der Waals surface area contributed by atoms with E-state index < -0.39 is 17.6 Å². The van der Waals surface area contributed by atoms with E-state index >= 15 is 0 Å². The average Bonchev–Trinajstić information content (AvgIpc) is 2.98. The third-order valence-electron chi connectivity index (χ3n) is 5.36. The van der Waals surface area contributed by atoms with Gasteiger partial charge in [-0.15, -0.1) is 0 Å². The maximum absolute atomic E-state index is 14.6. The van der Waals surface area contributed by atoms with Gasteiger partial charge in [0.05, 0.1) is 10.7 Å². The van der Waals surface area contributed by atoms with Gasteiger partial charge >= 0.3 is 0 Å². The fraction of sp³-hybridized carbons (Fsp3) is 0.261. The Balaban J connectivity index is 1.57. The Bertz CT molecular complexity index is 1060. The first-order valence-electron chi connectivity index (χ1n) is 9.69. The third-order valence-corrected chi connectivity index (χ3v) is 5.66. The number of carbonyl (C=O) groups excluding carboxylic acids is 3. The van der Waals surface area contributed by atoms with Gasteiger partial charge in [-0.1, -0.05) is 41.4 Å². The number of amides is 2. The molecule has 0 fully saturated rings. The zero-order chi connectivity index (χ0) is 21.4. The van der Waals surface area contributed by atoms with Gasteiger partial charge in [0, 0.05) is 22.8 Å². The van der Waals surface area contributed by atoms with E-state index in [9.17, 15) is 18.8 Å². The number of benzene rings is 2. The summed E-state index contributed by atoms with van der Waals surface area (Å²) in [4.78, 5) is 38.7. The highest BCUT2D eigenvalue weighted by atomic mass is 35.5. The van der Waals surface area contributed by atoms with Crippen molar-refractivity contribution in [2.24, 2.45) is 0 Å². The normalized spacial score (nSPS) is 16.2. The van der Waals surface area contributed by atoms with Crippen LogP contribution in [0.4, 0.5) is 10.1 Å². The molecule has 154 valence electrons. The molecule has 0 spiro atoms. The van der Waals surface area contributed by atoms with Gasteiger partial charge in [-0.25, -0.2) is 9.29 Å². The molecule has 0 unspecified atom stereocenters. The Morgan fingerprint density at radius 1 is 1.07 bits per heavy atom. The average molecular weight is 428 g/mol. The van der Waals surface area contributed by atoms with Crippen molar-refractivity contribution in [1.29, 1.82) is 0 Å². The number of aryl methyl sites for hydroxylation is 1. The molecule has 0 atom stereocenters. The lowest BCUT2D eigenvalue weighted by Gasteiger charge is -2.18. The Kier molecular flexibility index (Phi) is 5.43. The molecular weight excluding hydrogens is 409 g/mol. The molecule has 2 aliphatic rings. The molecule has 7 heteroatoms. The number of anilines is 1. The number of ether oxygens (including phenoxy) is 1. The van der Waals surface area contributed by atoms with Gasteiger partial charge in [0.15, 0.2) is 12.4 Å². The largest absolute Gasteiger partial charge is 0.484 e. The molecule has 5 nitrogen and oxygen atoms in total. The summed E-state index contributed by atoms with van der Waals surface area (Å²) in [5.74, 6) is -2.06. The summed E-state index contributed by atoms with van der Waals surface area (Å²) in [6.07, 6.45) is 2.68. The van der Waals surface area contributed by atoms with Gasteiger partial charge in [0.25, 0.3) is 11.8 Å². The molecular formula is C23H19ClFNO4. The van der Waals surface area contributed by atoms with Crippen molar-refractivity contribution in [3.05, 3.63) is 69.5 Å². The van der Waals surface area contributed by atoms with E-state index in [1.165, 1.54) is 6.07 Å². The third kappa shape index (κ3) is 3.63. The topological polar surface area (TPSA) is 63.7 Å². The molecule has 0 saturated carbocycles. The molecule has 4 rings (SSSR count). The summed E-state index contributed by atoms with van der Waals surface area (Å²) in [6, 6.07) is 9.20. The summed E-state index contributed by atoms with van der Waals surface area (Å²) in [7, 11) is 0. The minimum Gasteiger partial charge on any atom is -0.484 e. The molecule has 0 radical (unpaired) electrons. The van der Waals surface area contributed by atoms with Gasteiger partial charge in [0.1, 0.15) is 11.6 Å². The van der Waals surface area contributed by atoms with Crippen LogP contribution in [0.3, 0.4) is 0 Å². The van der Waals surface area contributed by atoms with Crippen molar-refractivity contribution in [3.63, 3.8) is 0 Å². The SMILES string of the molecule is Cc1ccc(C(=O)COc2cc(N3C(=O)C4=C(CCCC4)C3=O)c(F)cc2Cl)cc1. The van der Waals surface area contributed by atoms with Crippen molar-refractivity contribution in [2.75, 3.05) is 11.5 Å². The zero-order valence-electron chi connectivity index (χ0n) is 16.3. The molecule has 1 aliphatic heterocycles. The molecule has 2 amide bonds. The van der Waals surface area contributed by atoms with Gasteiger partial charge < -0.3 is 4.74 Å². The fourth-order valence-electron chi connectivity index (χ4n) is 3.72. The van der Waals surface area contributed by atoms with Gasteiger partial charge in [-0.2, -0.15) is 0 Å². The zero-order valence-corrected chi connectivity index (χ0v) is 17.1. The lowest BCUT2D eigenvalue weighted by molar-refractivity contribution is -0.120. The van der Waals surface area contributed by atoms with E-state index in [0.717, 1.165) is 29.4 Å². The number of hydrogen-bond acceptors (Lipinski definition) is 4. The van der Waals surface area contributed by atoms with Crippen LogP contribution in [-0.4, -0.2) is 24.2 Å². The molecule has 0 bridgehead atoms. The summed E-state index contributed by atoms with van der Waals surface area (Å²) in [6.45, 7) is 1.60. The highest BCUT2D eigenvalue weighted by molar-refractivity contribution is 6.34. The molecule has 1 aliphatic carbocycles. The van der Waals surface area contributed by atoms with E-state index in [4.69, 9.17) is 16.3 Å². The number of halogens is 2. The first-order chi connectivity index (χ1) is 14.4. The number of Topliss-reactive ketones (excluding diaryl/α,β-unsaturated/α-hetero) is 1. The van der Waals surface area contributed by atoms with E-state index in [1.54, 1.807) is 12.1 Å². The second-order valence-electron chi connectivity index (χ2n) is 7.42. The van der Waals surface area contributed by atoms with Crippen LogP contribution in [0.25, 0.3) is 0 Å². The Morgan fingerprint density at radius 3 is 2.27 bits per heavy atom. The Labute approximate surface area is 178 Å². The minimum atomic E-state index is -0.807. The van der Waals surface area contributed by atoms with Crippen molar-refractivity contribution in [3.8, 4) is 5.75 Å². The van der Waals surface area contributed by atoms with E-state index in [1.807, 2.05) is 19.1 Å². The van der Waals surface area contributed by atoms with E-state index in [0.29, 0.717) is 29.6 Å². The second kappa shape index (κ2) is 8.03. The number of carbonyl (C=O) groups is 3. The van der Waals surface area contributed by atoms with Crippen LogP contribution >= 0.6 is 11.6 Å². The monoisotopic (exact) mass is 427 g/mol. The molecule has 0 N–H and O–H groups in total. The highest BCUT2D eigenvalue weighted by Gasteiger charge is 2.41. The standard InChI is InChI=1S/C23H19ClFNO4/c1-13-6-8-14(9-7-13)20(27)12-30-21-11-19(18(25)10-17(21)24)26-22(28)15-4-2-3-5-16(15)23(26)29/h6-11H,2-5,12H2,1H3. The maximum atomic E-state index is 14.6. The van der Waals surface area contributed by atoms with E-state index in [-0.39, 0.29) is 28.8 Å². The molecule has 1 heterocycles. The fourth-order valence-corrected chi connectivity index (χ4v) is 3.93. The lowest BCUT2D eigenvalue weighted by Crippen LogP contribution is -2.32. The summed E-state index contributed by atoms with van der Waals surface area (Å²) in [5, 5.41) is -0.0511. The van der Waals surface area contributed by atoms with Crippen LogP contribution in [0.15, 0.2) is 47.5 Å². The number of rotatable bonds is 5. The van der Waals surface area contributed by atoms with Gasteiger partial charge in [-0.05, 0) is 38.7 Å². The summed E-state index contributed by atoms with van der Waals surface area (Å²) in [5.41, 5.74) is 2.19. The molecule has 2 aromatic carbocycles. The lowest BCUT2D eigenvalue weighted by atomic mass is 9.93. The van der Waals surface area contributed by atoms with Crippen LogP contribution in [0.2, 0.25) is 5.02 Å². The smallest absolute Gasteiger partial charge is 0.261 e. The van der Waals surface area contributed by atoms with Gasteiger partial charge in [0.2, 0.25) is 0 Å². The van der Waals surface area contributed by atoms with Crippen LogP contribution in [0.5, 0.6) is 5.75 Å². The Morgan fingerprint density at radius 2 is 1.67 bits per heavy atom. The predicted octanol–water partition coefficient (Wildman–Crippen LogP) is 4.79. The van der Waals surface area contributed by atoms with E-state index in [2.05, 4.69) is 0 Å². The molecule has 0 saturated heterocycles. The number of hydrogen-bond donors (Lipinski definition) is 0. The van der Waals surface area contributed by atoms with Crippen LogP contribution < -0.4 is 9.64 Å². The number of nitrogens with zero attached hydrogens (tertiary/aromatic N) is 1. The number of imide groups is 1. The quantitative estimate of drug-likeness (QED) is 0.508. The Hall–Kier alpha value is -2.99. The van der Waals surface area contributed by atoms with Crippen LogP contribution in [-0.2, 0) is 9.59 Å². The second-order valence-corrected chi connectivity index (χ2v) is 7.83. The van der Waals surface area contributed by atoms with Gasteiger partial charge in [-0.3, -0.25) is 14.4 Å². The maximum Gasteiger partial charge on any atom is 0.261 e. The molecule has 30 heavy (non-hydrogen) atoms. The van der Waals surface area contributed by atoms with Crippen LogP contribution in [0.1, 0.15) is 41.6 Å². The van der Waals surface area contributed by atoms with Crippen molar-refractivity contribution < 1.29 is 23.5 Å². The van der Waals surface area contributed by atoms with Crippen LogP contribution in [0, 0.1) is 12.7 Å².